The van der Waals surface area contributed by atoms with Gasteiger partial charge in [0.1, 0.15) is 0 Å². The number of nitrogens with one attached hydrogen (secondary N) is 1. The standard InChI is InChI=1S/C22H32N2O2/c1-4-5-15-24-21(26)18-12-8-7-11-17(18)19(20(25)23-16(2)3)22(24)13-9-6-10-14-22/h7-8,11-12,16,19H,4-6,9-10,13-15H2,1-3H3,(H,23,25)/t19-/m0/s1. The number of rotatable bonds is 5. The van der Waals surface area contributed by atoms with E-state index in [0.29, 0.717) is 5.56 Å². The molecule has 1 saturated carbocycles. The van der Waals surface area contributed by atoms with Crippen LogP contribution in [0.1, 0.15) is 87.6 Å². The number of benzene rings is 1. The zero-order chi connectivity index (χ0) is 18.7. The Morgan fingerprint density at radius 3 is 2.58 bits per heavy atom. The Morgan fingerprint density at radius 2 is 1.92 bits per heavy atom. The third kappa shape index (κ3) is 3.26. The molecule has 2 amide bonds. The summed E-state index contributed by atoms with van der Waals surface area (Å²) in [7, 11) is 0. The summed E-state index contributed by atoms with van der Waals surface area (Å²) >= 11 is 0. The van der Waals surface area contributed by atoms with E-state index in [1.54, 1.807) is 0 Å². The lowest BCUT2D eigenvalue weighted by molar-refractivity contribution is -0.127. The van der Waals surface area contributed by atoms with Crippen LogP contribution in [0.3, 0.4) is 0 Å². The van der Waals surface area contributed by atoms with Crippen LogP contribution in [0.15, 0.2) is 24.3 Å². The summed E-state index contributed by atoms with van der Waals surface area (Å²) < 4.78 is 0. The number of hydrogen-bond donors (Lipinski definition) is 1. The van der Waals surface area contributed by atoms with Gasteiger partial charge in [-0.3, -0.25) is 9.59 Å². The van der Waals surface area contributed by atoms with Crippen molar-refractivity contribution in [3.8, 4) is 0 Å². The minimum atomic E-state index is -0.363. The molecule has 4 heteroatoms. The molecule has 0 saturated heterocycles. The predicted octanol–water partition coefficient (Wildman–Crippen LogP) is 4.25. The fourth-order valence-electron chi connectivity index (χ4n) is 4.85. The van der Waals surface area contributed by atoms with Crippen LogP contribution in [-0.4, -0.2) is 34.8 Å². The molecular weight excluding hydrogens is 324 g/mol. The quantitative estimate of drug-likeness (QED) is 0.857. The normalized spacial score (nSPS) is 21.8. The van der Waals surface area contributed by atoms with Gasteiger partial charge in [-0.25, -0.2) is 0 Å². The molecule has 3 rings (SSSR count). The number of unbranched alkanes of at least 4 members (excludes halogenated alkanes) is 1. The van der Waals surface area contributed by atoms with Crippen molar-refractivity contribution < 1.29 is 9.59 Å². The Labute approximate surface area is 157 Å². The average molecular weight is 357 g/mol. The number of hydrogen-bond acceptors (Lipinski definition) is 2. The van der Waals surface area contributed by atoms with Gasteiger partial charge in [0.05, 0.1) is 11.5 Å². The molecule has 26 heavy (non-hydrogen) atoms. The topological polar surface area (TPSA) is 49.4 Å². The van der Waals surface area contributed by atoms with E-state index in [1.807, 2.05) is 38.1 Å². The van der Waals surface area contributed by atoms with Gasteiger partial charge in [-0.15, -0.1) is 0 Å². The van der Waals surface area contributed by atoms with E-state index in [4.69, 9.17) is 0 Å². The summed E-state index contributed by atoms with van der Waals surface area (Å²) in [5.74, 6) is -0.0798. The van der Waals surface area contributed by atoms with Crippen molar-refractivity contribution in [3.63, 3.8) is 0 Å². The molecular formula is C22H32N2O2. The van der Waals surface area contributed by atoms with Crippen LogP contribution in [0.4, 0.5) is 0 Å². The van der Waals surface area contributed by atoms with Gasteiger partial charge < -0.3 is 10.2 Å². The Morgan fingerprint density at radius 1 is 1.23 bits per heavy atom. The third-order valence-electron chi connectivity index (χ3n) is 5.97. The van der Waals surface area contributed by atoms with E-state index in [9.17, 15) is 9.59 Å². The molecule has 0 aromatic heterocycles. The lowest BCUT2D eigenvalue weighted by Gasteiger charge is -2.54. The van der Waals surface area contributed by atoms with E-state index in [-0.39, 0.29) is 29.3 Å². The van der Waals surface area contributed by atoms with Crippen LogP contribution in [0.5, 0.6) is 0 Å². The molecule has 4 nitrogen and oxygen atoms in total. The highest BCUT2D eigenvalue weighted by Crippen LogP contribution is 2.49. The number of carbonyl (C=O) groups excluding carboxylic acids is 2. The van der Waals surface area contributed by atoms with Gasteiger partial charge in [-0.05, 0) is 44.7 Å². The van der Waals surface area contributed by atoms with Crippen LogP contribution < -0.4 is 5.32 Å². The second-order valence-corrected chi connectivity index (χ2v) is 8.16. The largest absolute Gasteiger partial charge is 0.353 e. The molecule has 1 aromatic carbocycles. The minimum Gasteiger partial charge on any atom is -0.353 e. The Balaban J connectivity index is 2.13. The summed E-state index contributed by atoms with van der Waals surface area (Å²) in [4.78, 5) is 28.8. The second kappa shape index (κ2) is 7.81. The summed E-state index contributed by atoms with van der Waals surface area (Å²) in [6.45, 7) is 6.90. The lowest BCUT2D eigenvalue weighted by atomic mass is 9.65. The average Bonchev–Trinajstić information content (AvgIpc) is 2.62. The summed E-state index contributed by atoms with van der Waals surface area (Å²) in [6.07, 6.45) is 7.24. The van der Waals surface area contributed by atoms with E-state index in [1.165, 1.54) is 6.42 Å². The smallest absolute Gasteiger partial charge is 0.254 e. The molecule has 1 spiro atoms. The van der Waals surface area contributed by atoms with Gasteiger partial charge in [-0.2, -0.15) is 0 Å². The minimum absolute atomic E-state index is 0.0725. The van der Waals surface area contributed by atoms with E-state index >= 15 is 0 Å². The van der Waals surface area contributed by atoms with Gasteiger partial charge in [0, 0.05) is 18.2 Å². The third-order valence-corrected chi connectivity index (χ3v) is 5.97. The first-order valence-corrected chi connectivity index (χ1v) is 10.2. The molecule has 0 radical (unpaired) electrons. The van der Waals surface area contributed by atoms with E-state index in [2.05, 4.69) is 17.1 Å². The number of fused-ring (bicyclic) bond motifs is 1. The van der Waals surface area contributed by atoms with Gasteiger partial charge >= 0.3 is 0 Å². The Kier molecular flexibility index (Phi) is 5.69. The molecule has 142 valence electrons. The molecule has 1 aliphatic carbocycles. The number of carbonyl (C=O) groups is 2. The summed E-state index contributed by atoms with van der Waals surface area (Å²) in [6, 6.07) is 7.84. The maximum Gasteiger partial charge on any atom is 0.254 e. The van der Waals surface area contributed by atoms with Crippen molar-refractivity contribution in [1.29, 1.82) is 0 Å². The molecule has 2 aliphatic rings. The van der Waals surface area contributed by atoms with Crippen molar-refractivity contribution in [2.45, 2.75) is 83.2 Å². The molecule has 0 unspecified atom stereocenters. The highest BCUT2D eigenvalue weighted by Gasteiger charge is 2.54. The molecule has 1 fully saturated rings. The predicted molar refractivity (Wildman–Crippen MR) is 104 cm³/mol. The summed E-state index contributed by atoms with van der Waals surface area (Å²) in [5.41, 5.74) is 1.27. The van der Waals surface area contributed by atoms with Crippen LogP contribution >= 0.6 is 0 Å². The van der Waals surface area contributed by atoms with Crippen LogP contribution in [0.2, 0.25) is 0 Å². The van der Waals surface area contributed by atoms with Crippen molar-refractivity contribution in [2.75, 3.05) is 6.54 Å². The van der Waals surface area contributed by atoms with Crippen molar-refractivity contribution >= 4 is 11.8 Å². The number of amides is 2. The monoisotopic (exact) mass is 356 g/mol. The zero-order valence-corrected chi connectivity index (χ0v) is 16.4. The zero-order valence-electron chi connectivity index (χ0n) is 16.4. The molecule has 1 atom stereocenters. The first-order valence-electron chi connectivity index (χ1n) is 10.2. The molecule has 1 aromatic rings. The fraction of sp³-hybridized carbons (Fsp3) is 0.636. The molecule has 0 bridgehead atoms. The molecule has 1 aliphatic heterocycles. The maximum absolute atomic E-state index is 13.4. The first-order chi connectivity index (χ1) is 12.5. The lowest BCUT2D eigenvalue weighted by Crippen LogP contribution is -2.63. The van der Waals surface area contributed by atoms with Gasteiger partial charge in [0.15, 0.2) is 0 Å². The van der Waals surface area contributed by atoms with Crippen LogP contribution in [-0.2, 0) is 4.79 Å². The maximum atomic E-state index is 13.4. The molecule has 1 N–H and O–H groups in total. The van der Waals surface area contributed by atoms with E-state index in [0.717, 1.165) is 50.6 Å². The summed E-state index contributed by atoms with van der Waals surface area (Å²) in [5, 5.41) is 3.14. The van der Waals surface area contributed by atoms with Gasteiger partial charge in [0.25, 0.3) is 5.91 Å². The first kappa shape index (κ1) is 18.9. The Bertz CT molecular complexity index is 662. The van der Waals surface area contributed by atoms with Crippen LogP contribution in [0.25, 0.3) is 0 Å². The highest BCUT2D eigenvalue weighted by atomic mass is 16.2. The van der Waals surface area contributed by atoms with E-state index < -0.39 is 0 Å². The second-order valence-electron chi connectivity index (χ2n) is 8.16. The fourth-order valence-corrected chi connectivity index (χ4v) is 4.85. The van der Waals surface area contributed by atoms with Crippen molar-refractivity contribution in [1.82, 2.24) is 10.2 Å². The van der Waals surface area contributed by atoms with Gasteiger partial charge in [0.2, 0.25) is 5.91 Å². The SMILES string of the molecule is CCCCN1C(=O)c2ccccc2[C@@H](C(=O)NC(C)C)C12CCCCC2. The van der Waals surface area contributed by atoms with Crippen molar-refractivity contribution in [3.05, 3.63) is 35.4 Å². The molecule has 1 heterocycles. The van der Waals surface area contributed by atoms with Gasteiger partial charge in [-0.1, -0.05) is 50.8 Å². The van der Waals surface area contributed by atoms with Crippen molar-refractivity contribution in [2.24, 2.45) is 0 Å². The Hall–Kier alpha value is -1.84. The van der Waals surface area contributed by atoms with Crippen LogP contribution in [0, 0.1) is 0 Å². The highest BCUT2D eigenvalue weighted by molar-refractivity contribution is 6.02. The number of nitrogens with zero attached hydrogens (tertiary/aromatic N) is 1.